The van der Waals surface area contributed by atoms with E-state index in [1.165, 1.54) is 18.2 Å². The van der Waals surface area contributed by atoms with Crippen LogP contribution < -0.4 is 20.9 Å². The number of hydrogen-bond acceptors (Lipinski definition) is 3. The van der Waals surface area contributed by atoms with E-state index in [-0.39, 0.29) is 23.4 Å². The first-order valence-electron chi connectivity index (χ1n) is 9.40. The zero-order chi connectivity index (χ0) is 20.8. The van der Waals surface area contributed by atoms with Gasteiger partial charge in [0.25, 0.3) is 0 Å². The lowest BCUT2D eigenvalue weighted by Gasteiger charge is -2.37. The summed E-state index contributed by atoms with van der Waals surface area (Å²) in [6.07, 6.45) is 0.543. The molecular formula is C22H22FN3O3. The molecule has 29 heavy (non-hydrogen) atoms. The van der Waals surface area contributed by atoms with Crippen molar-refractivity contribution in [2.24, 2.45) is 0 Å². The first-order chi connectivity index (χ1) is 13.7. The highest BCUT2D eigenvalue weighted by atomic mass is 19.1. The summed E-state index contributed by atoms with van der Waals surface area (Å²) in [4.78, 5) is 27.2. The third kappa shape index (κ3) is 3.81. The van der Waals surface area contributed by atoms with Gasteiger partial charge < -0.3 is 20.4 Å². The SMILES string of the molecule is Cc1ccc2[nH]c(=O)ccc2c1NC(=O)N[C@@H]1CC(C)(C)Oc2cc(F)ccc21. The number of aryl methyl sites for hydroxylation is 1. The monoisotopic (exact) mass is 395 g/mol. The lowest BCUT2D eigenvalue weighted by Crippen LogP contribution is -2.42. The van der Waals surface area contributed by atoms with Crippen LogP contribution in [-0.4, -0.2) is 16.6 Å². The number of urea groups is 1. The zero-order valence-corrected chi connectivity index (χ0v) is 16.4. The van der Waals surface area contributed by atoms with Gasteiger partial charge in [-0.05, 0) is 44.5 Å². The molecule has 0 unspecified atom stereocenters. The van der Waals surface area contributed by atoms with Gasteiger partial charge in [-0.2, -0.15) is 0 Å². The van der Waals surface area contributed by atoms with Crippen molar-refractivity contribution in [2.75, 3.05) is 5.32 Å². The second-order valence-corrected chi connectivity index (χ2v) is 7.94. The molecule has 2 amide bonds. The number of pyridine rings is 1. The van der Waals surface area contributed by atoms with Crippen LogP contribution in [0.1, 0.15) is 37.4 Å². The van der Waals surface area contributed by atoms with Gasteiger partial charge in [0.05, 0.1) is 17.2 Å². The van der Waals surface area contributed by atoms with Gasteiger partial charge in [-0.3, -0.25) is 4.79 Å². The highest BCUT2D eigenvalue weighted by Gasteiger charge is 2.34. The average molecular weight is 395 g/mol. The number of ether oxygens (including phenoxy) is 1. The Morgan fingerprint density at radius 3 is 2.79 bits per heavy atom. The number of carbonyl (C=O) groups excluding carboxylic acids is 1. The molecule has 1 aliphatic heterocycles. The van der Waals surface area contributed by atoms with Crippen molar-refractivity contribution in [3.63, 3.8) is 0 Å². The van der Waals surface area contributed by atoms with Gasteiger partial charge in [0, 0.05) is 29.5 Å². The summed E-state index contributed by atoms with van der Waals surface area (Å²) in [6, 6.07) is 10.4. The number of hydrogen-bond donors (Lipinski definition) is 3. The van der Waals surface area contributed by atoms with E-state index < -0.39 is 5.60 Å². The molecule has 0 fully saturated rings. The minimum atomic E-state index is -0.548. The number of halogens is 1. The predicted octanol–water partition coefficient (Wildman–Crippen LogP) is 4.40. The minimum absolute atomic E-state index is 0.204. The van der Waals surface area contributed by atoms with Gasteiger partial charge in [0.1, 0.15) is 17.2 Å². The van der Waals surface area contributed by atoms with Crippen molar-refractivity contribution in [3.8, 4) is 5.75 Å². The Morgan fingerprint density at radius 2 is 2.00 bits per heavy atom. The van der Waals surface area contributed by atoms with Gasteiger partial charge >= 0.3 is 6.03 Å². The van der Waals surface area contributed by atoms with Crippen molar-refractivity contribution in [1.29, 1.82) is 0 Å². The number of rotatable bonds is 2. The Bertz CT molecular complexity index is 1170. The molecule has 4 rings (SSSR count). The summed E-state index contributed by atoms with van der Waals surface area (Å²) in [7, 11) is 0. The summed E-state index contributed by atoms with van der Waals surface area (Å²) in [6.45, 7) is 5.69. The molecule has 0 radical (unpaired) electrons. The highest BCUT2D eigenvalue weighted by Crippen LogP contribution is 2.39. The fourth-order valence-electron chi connectivity index (χ4n) is 3.77. The molecule has 3 N–H and O–H groups in total. The topological polar surface area (TPSA) is 83.2 Å². The third-order valence-corrected chi connectivity index (χ3v) is 5.09. The Morgan fingerprint density at radius 1 is 1.21 bits per heavy atom. The van der Waals surface area contributed by atoms with Gasteiger partial charge in [-0.15, -0.1) is 0 Å². The summed E-state index contributed by atoms with van der Waals surface area (Å²) in [5, 5.41) is 6.62. The molecule has 3 aromatic rings. The lowest BCUT2D eigenvalue weighted by atomic mass is 9.90. The number of nitrogens with one attached hydrogen (secondary N) is 3. The van der Waals surface area contributed by atoms with Crippen LogP contribution in [0.3, 0.4) is 0 Å². The quantitative estimate of drug-likeness (QED) is 0.601. The fourth-order valence-corrected chi connectivity index (χ4v) is 3.77. The number of anilines is 1. The third-order valence-electron chi connectivity index (χ3n) is 5.09. The van der Waals surface area contributed by atoms with Crippen molar-refractivity contribution in [2.45, 2.75) is 38.8 Å². The predicted molar refractivity (Wildman–Crippen MR) is 110 cm³/mol. The average Bonchev–Trinajstić information content (AvgIpc) is 2.62. The Labute approximate surface area is 167 Å². The maximum atomic E-state index is 13.6. The molecule has 0 saturated carbocycles. The van der Waals surface area contributed by atoms with Crippen LogP contribution in [0.2, 0.25) is 0 Å². The zero-order valence-electron chi connectivity index (χ0n) is 16.4. The standard InChI is InChI=1S/C22H22FN3O3/c1-12-4-8-16-15(7-9-19(27)24-16)20(12)26-21(28)25-17-11-22(2,3)29-18-10-13(23)5-6-14(17)18/h4-10,17H,11H2,1-3H3,(H,24,27)(H2,25,26,28)/t17-/m1/s1. The Balaban J connectivity index is 1.62. The van der Waals surface area contributed by atoms with Crippen LogP contribution in [0.25, 0.3) is 10.9 Å². The van der Waals surface area contributed by atoms with Crippen molar-refractivity contribution >= 4 is 22.6 Å². The molecule has 1 atom stereocenters. The Hall–Kier alpha value is -3.35. The first-order valence-corrected chi connectivity index (χ1v) is 9.40. The van der Waals surface area contributed by atoms with Gasteiger partial charge in [0.15, 0.2) is 0 Å². The van der Waals surface area contributed by atoms with Crippen LogP contribution >= 0.6 is 0 Å². The fraction of sp³-hybridized carbons (Fsp3) is 0.273. The van der Waals surface area contributed by atoms with Crippen molar-refractivity contribution in [3.05, 3.63) is 69.8 Å². The molecular weight excluding hydrogens is 373 g/mol. The summed E-state index contributed by atoms with van der Waals surface area (Å²) >= 11 is 0. The molecule has 1 aliphatic rings. The van der Waals surface area contributed by atoms with E-state index >= 15 is 0 Å². The number of amides is 2. The van der Waals surface area contributed by atoms with Crippen LogP contribution in [0.15, 0.2) is 47.3 Å². The number of aromatic amines is 1. The summed E-state index contributed by atoms with van der Waals surface area (Å²) < 4.78 is 19.5. The van der Waals surface area contributed by atoms with Gasteiger partial charge in [-0.1, -0.05) is 12.1 Å². The van der Waals surface area contributed by atoms with E-state index in [1.807, 2.05) is 26.8 Å². The molecule has 7 heteroatoms. The first kappa shape index (κ1) is 19.0. The van der Waals surface area contributed by atoms with E-state index in [0.29, 0.717) is 23.4 Å². The largest absolute Gasteiger partial charge is 0.487 e. The second kappa shape index (κ2) is 6.92. The van der Waals surface area contributed by atoms with Crippen LogP contribution in [0.5, 0.6) is 5.75 Å². The molecule has 6 nitrogen and oxygen atoms in total. The second-order valence-electron chi connectivity index (χ2n) is 7.94. The van der Waals surface area contributed by atoms with E-state index in [1.54, 1.807) is 18.2 Å². The number of aromatic nitrogens is 1. The van der Waals surface area contributed by atoms with Gasteiger partial charge in [0.2, 0.25) is 5.56 Å². The smallest absolute Gasteiger partial charge is 0.319 e. The van der Waals surface area contributed by atoms with E-state index in [9.17, 15) is 14.0 Å². The number of H-pyrrole nitrogens is 1. The lowest BCUT2D eigenvalue weighted by molar-refractivity contribution is 0.0678. The molecule has 150 valence electrons. The molecule has 0 spiro atoms. The normalized spacial score (nSPS) is 17.3. The maximum Gasteiger partial charge on any atom is 0.319 e. The molecule has 2 heterocycles. The van der Waals surface area contributed by atoms with Crippen LogP contribution in [0.4, 0.5) is 14.9 Å². The number of carbonyl (C=O) groups is 1. The van der Waals surface area contributed by atoms with Crippen LogP contribution in [-0.2, 0) is 0 Å². The molecule has 1 aromatic heterocycles. The van der Waals surface area contributed by atoms with Gasteiger partial charge in [-0.25, -0.2) is 9.18 Å². The molecule has 0 bridgehead atoms. The summed E-state index contributed by atoms with van der Waals surface area (Å²) in [5.74, 6) is 0.0514. The molecule has 2 aromatic carbocycles. The maximum absolute atomic E-state index is 13.6. The molecule has 0 aliphatic carbocycles. The van der Waals surface area contributed by atoms with Crippen molar-refractivity contribution in [1.82, 2.24) is 10.3 Å². The van der Waals surface area contributed by atoms with Crippen LogP contribution in [0, 0.1) is 12.7 Å². The van der Waals surface area contributed by atoms with Crippen molar-refractivity contribution < 1.29 is 13.9 Å². The highest BCUT2D eigenvalue weighted by molar-refractivity contribution is 6.01. The number of benzene rings is 2. The Kier molecular flexibility index (Phi) is 4.53. The van der Waals surface area contributed by atoms with E-state index in [2.05, 4.69) is 15.6 Å². The minimum Gasteiger partial charge on any atom is -0.487 e. The van der Waals surface area contributed by atoms with E-state index in [4.69, 9.17) is 4.74 Å². The molecule has 0 saturated heterocycles. The van der Waals surface area contributed by atoms with E-state index in [0.717, 1.165) is 16.5 Å². The number of fused-ring (bicyclic) bond motifs is 2. The summed E-state index contributed by atoms with van der Waals surface area (Å²) in [5.41, 5.74) is 2.13.